The molecular weight excluding hydrogens is 292 g/mol. The maximum Gasteiger partial charge on any atom is 0.170 e. The lowest BCUT2D eigenvalue weighted by molar-refractivity contribution is 0.659. The summed E-state index contributed by atoms with van der Waals surface area (Å²) in [5, 5.41) is 11.6. The summed E-state index contributed by atoms with van der Waals surface area (Å²) in [5.41, 5.74) is 4.47. The first-order valence-electron chi connectivity index (χ1n) is 7.73. The second-order valence-corrected chi connectivity index (χ2v) is 5.92. The first-order chi connectivity index (χ1) is 10.6. The van der Waals surface area contributed by atoms with Crippen LogP contribution >= 0.6 is 12.2 Å². The summed E-state index contributed by atoms with van der Waals surface area (Å²) >= 11 is 5.27. The van der Waals surface area contributed by atoms with Gasteiger partial charge in [0.15, 0.2) is 5.11 Å². The Hall–Kier alpha value is -1.88. The van der Waals surface area contributed by atoms with Gasteiger partial charge < -0.3 is 10.6 Å². The average molecular weight is 316 g/mol. The molecule has 0 radical (unpaired) electrons. The van der Waals surface area contributed by atoms with Gasteiger partial charge in [-0.25, -0.2) is 0 Å². The zero-order chi connectivity index (χ0) is 15.9. The molecule has 4 nitrogen and oxygen atoms in total. The minimum atomic E-state index is 0.680. The van der Waals surface area contributed by atoms with Crippen molar-refractivity contribution in [2.45, 2.75) is 40.2 Å². The number of aromatic nitrogens is 2. The number of unbranched alkanes of at least 4 members (excludes halogenated alkanes) is 1. The van der Waals surface area contributed by atoms with Crippen LogP contribution in [0.5, 0.6) is 0 Å². The van der Waals surface area contributed by atoms with E-state index < -0.39 is 0 Å². The molecule has 0 fully saturated rings. The predicted octanol–water partition coefficient (Wildman–Crippen LogP) is 3.63. The van der Waals surface area contributed by atoms with E-state index in [9.17, 15) is 0 Å². The van der Waals surface area contributed by atoms with Gasteiger partial charge in [0.25, 0.3) is 0 Å². The van der Waals surface area contributed by atoms with E-state index in [2.05, 4.69) is 59.9 Å². The molecule has 0 saturated carbocycles. The number of rotatable bonds is 6. The van der Waals surface area contributed by atoms with Gasteiger partial charge in [-0.15, -0.1) is 0 Å². The molecule has 2 aromatic rings. The fourth-order valence-electron chi connectivity index (χ4n) is 2.26. The van der Waals surface area contributed by atoms with Crippen LogP contribution in [0.3, 0.4) is 0 Å². The molecule has 0 bridgehead atoms. The van der Waals surface area contributed by atoms with Gasteiger partial charge in [-0.05, 0) is 56.2 Å². The van der Waals surface area contributed by atoms with Crippen molar-refractivity contribution in [3.05, 3.63) is 47.3 Å². The molecule has 118 valence electrons. The van der Waals surface area contributed by atoms with Gasteiger partial charge >= 0.3 is 0 Å². The van der Waals surface area contributed by atoms with Crippen molar-refractivity contribution in [3.63, 3.8) is 0 Å². The third kappa shape index (κ3) is 4.84. The van der Waals surface area contributed by atoms with Gasteiger partial charge in [0.05, 0.1) is 12.2 Å². The lowest BCUT2D eigenvalue weighted by Gasteiger charge is -2.11. The fraction of sp³-hybridized carbons (Fsp3) is 0.412. The Morgan fingerprint density at radius 2 is 1.95 bits per heavy atom. The van der Waals surface area contributed by atoms with Crippen molar-refractivity contribution in [2.24, 2.45) is 0 Å². The predicted molar refractivity (Wildman–Crippen MR) is 96.4 cm³/mol. The molecule has 22 heavy (non-hydrogen) atoms. The molecule has 0 atom stereocenters. The summed E-state index contributed by atoms with van der Waals surface area (Å²) in [6, 6.07) is 10.4. The van der Waals surface area contributed by atoms with Crippen molar-refractivity contribution in [3.8, 4) is 0 Å². The molecule has 0 saturated heterocycles. The molecule has 0 aliphatic heterocycles. The number of thiocarbonyl (C=S) groups is 1. The number of aryl methyl sites for hydroxylation is 2. The topological polar surface area (TPSA) is 41.9 Å². The van der Waals surface area contributed by atoms with Crippen molar-refractivity contribution in [1.29, 1.82) is 0 Å². The summed E-state index contributed by atoms with van der Waals surface area (Å²) in [5.74, 6) is 0. The van der Waals surface area contributed by atoms with Crippen LogP contribution < -0.4 is 10.6 Å². The first kappa shape index (κ1) is 16.5. The Morgan fingerprint density at radius 1 is 1.23 bits per heavy atom. The van der Waals surface area contributed by atoms with Crippen LogP contribution in [0.2, 0.25) is 0 Å². The van der Waals surface area contributed by atoms with Crippen LogP contribution in [0.4, 0.5) is 5.69 Å². The second-order valence-electron chi connectivity index (χ2n) is 5.52. The summed E-state index contributed by atoms with van der Waals surface area (Å²) in [6.45, 7) is 7.97. The van der Waals surface area contributed by atoms with E-state index in [4.69, 9.17) is 12.2 Å². The normalized spacial score (nSPS) is 10.5. The molecule has 5 heteroatoms. The molecule has 2 N–H and O–H groups in total. The standard InChI is InChI=1S/C17H24N4S/c1-4-5-10-18-17(22)19-16-8-6-15(7-9-16)12-21-14(3)11-13(2)20-21/h6-9,11H,4-5,10,12H2,1-3H3,(H2,18,19,22). The van der Waals surface area contributed by atoms with E-state index >= 15 is 0 Å². The number of benzene rings is 1. The molecule has 0 aliphatic rings. The number of nitrogens with one attached hydrogen (secondary N) is 2. The van der Waals surface area contributed by atoms with E-state index in [0.29, 0.717) is 5.11 Å². The third-order valence-corrected chi connectivity index (χ3v) is 3.71. The van der Waals surface area contributed by atoms with Gasteiger partial charge in [0.1, 0.15) is 0 Å². The van der Waals surface area contributed by atoms with E-state index in [-0.39, 0.29) is 0 Å². The molecule has 0 amide bonds. The van der Waals surface area contributed by atoms with Crippen LogP contribution in [-0.4, -0.2) is 21.4 Å². The van der Waals surface area contributed by atoms with Gasteiger partial charge in [0.2, 0.25) is 0 Å². The van der Waals surface area contributed by atoms with Crippen LogP contribution in [0.1, 0.15) is 36.7 Å². The molecule has 2 rings (SSSR count). The lowest BCUT2D eigenvalue weighted by Crippen LogP contribution is -2.29. The van der Waals surface area contributed by atoms with Crippen LogP contribution in [0.25, 0.3) is 0 Å². The third-order valence-electron chi connectivity index (χ3n) is 3.46. The monoisotopic (exact) mass is 316 g/mol. The summed E-state index contributed by atoms with van der Waals surface area (Å²) in [4.78, 5) is 0. The summed E-state index contributed by atoms with van der Waals surface area (Å²) in [7, 11) is 0. The molecule has 0 unspecified atom stereocenters. The minimum Gasteiger partial charge on any atom is -0.362 e. The molecule has 1 heterocycles. The second kappa shape index (κ2) is 7.94. The molecular formula is C17H24N4S. The van der Waals surface area contributed by atoms with Crippen molar-refractivity contribution < 1.29 is 0 Å². The van der Waals surface area contributed by atoms with Gasteiger partial charge in [-0.3, -0.25) is 4.68 Å². The Balaban J connectivity index is 1.90. The Labute approximate surface area is 137 Å². The van der Waals surface area contributed by atoms with Crippen molar-refractivity contribution >= 4 is 23.0 Å². The lowest BCUT2D eigenvalue weighted by atomic mass is 10.2. The largest absolute Gasteiger partial charge is 0.362 e. The Morgan fingerprint density at radius 3 is 2.55 bits per heavy atom. The van der Waals surface area contributed by atoms with E-state index in [1.54, 1.807) is 0 Å². The average Bonchev–Trinajstić information content (AvgIpc) is 2.79. The minimum absolute atomic E-state index is 0.680. The van der Waals surface area contributed by atoms with Crippen LogP contribution in [0.15, 0.2) is 30.3 Å². The zero-order valence-electron chi connectivity index (χ0n) is 13.5. The highest BCUT2D eigenvalue weighted by Gasteiger charge is 2.03. The molecule has 0 aliphatic carbocycles. The van der Waals surface area contributed by atoms with E-state index in [1.165, 1.54) is 11.3 Å². The zero-order valence-corrected chi connectivity index (χ0v) is 14.3. The number of hydrogen-bond donors (Lipinski definition) is 2. The Bertz CT molecular complexity index is 616. The summed E-state index contributed by atoms with van der Waals surface area (Å²) < 4.78 is 2.02. The molecule has 1 aromatic carbocycles. The van der Waals surface area contributed by atoms with Gasteiger partial charge in [-0.2, -0.15) is 5.10 Å². The van der Waals surface area contributed by atoms with Crippen LogP contribution in [0, 0.1) is 13.8 Å². The number of nitrogens with zero attached hydrogens (tertiary/aromatic N) is 2. The van der Waals surface area contributed by atoms with Gasteiger partial charge in [0, 0.05) is 17.9 Å². The molecule has 1 aromatic heterocycles. The highest BCUT2D eigenvalue weighted by molar-refractivity contribution is 7.80. The van der Waals surface area contributed by atoms with Crippen molar-refractivity contribution in [2.75, 3.05) is 11.9 Å². The highest BCUT2D eigenvalue weighted by atomic mass is 32.1. The quantitative estimate of drug-likeness (QED) is 0.631. The fourth-order valence-corrected chi connectivity index (χ4v) is 2.48. The first-order valence-corrected chi connectivity index (χ1v) is 8.14. The van der Waals surface area contributed by atoms with E-state index in [1.807, 2.05) is 11.6 Å². The smallest absolute Gasteiger partial charge is 0.170 e. The molecule has 0 spiro atoms. The maximum atomic E-state index is 5.27. The number of hydrogen-bond acceptors (Lipinski definition) is 2. The van der Waals surface area contributed by atoms with Crippen molar-refractivity contribution in [1.82, 2.24) is 15.1 Å². The van der Waals surface area contributed by atoms with Crippen LogP contribution in [-0.2, 0) is 6.54 Å². The van der Waals surface area contributed by atoms with E-state index in [0.717, 1.165) is 37.3 Å². The highest BCUT2D eigenvalue weighted by Crippen LogP contribution is 2.12. The maximum absolute atomic E-state index is 5.27. The Kier molecular flexibility index (Phi) is 5.95. The summed E-state index contributed by atoms with van der Waals surface area (Å²) in [6.07, 6.45) is 2.29. The number of anilines is 1. The van der Waals surface area contributed by atoms with Gasteiger partial charge in [-0.1, -0.05) is 25.5 Å². The SMILES string of the molecule is CCCCNC(=S)Nc1ccc(Cn2nc(C)cc2C)cc1.